The molecule has 1 heterocycles. The molecule has 4 nitrogen and oxygen atoms in total. The second-order valence-corrected chi connectivity index (χ2v) is 4.40. The van der Waals surface area contributed by atoms with Crippen molar-refractivity contribution in [2.45, 2.75) is 26.8 Å². The van der Waals surface area contributed by atoms with Gasteiger partial charge in [0.2, 0.25) is 0 Å². The fraction of sp³-hybridized carbons (Fsp3) is 0.429. The predicted molar refractivity (Wildman–Crippen MR) is 70.1 cm³/mol. The first-order chi connectivity index (χ1) is 8.72. The Bertz CT molecular complexity index is 533. The van der Waals surface area contributed by atoms with E-state index in [1.807, 2.05) is 42.7 Å². The number of aromatic nitrogens is 2. The number of imidazole rings is 1. The van der Waals surface area contributed by atoms with Gasteiger partial charge in [-0.2, -0.15) is 0 Å². The minimum Gasteiger partial charge on any atom is -0.464 e. The van der Waals surface area contributed by atoms with Crippen LogP contribution in [0.15, 0.2) is 30.6 Å². The molecule has 0 N–H and O–H groups in total. The van der Waals surface area contributed by atoms with Crippen molar-refractivity contribution in [1.82, 2.24) is 9.55 Å². The molecule has 1 aromatic carbocycles. The van der Waals surface area contributed by atoms with Crippen LogP contribution in [0.2, 0.25) is 0 Å². The number of nitrogens with zero attached hydrogens (tertiary/aromatic N) is 2. The predicted octanol–water partition coefficient (Wildman–Crippen LogP) is 2.63. The number of carbonyl (C=O) groups is 1. The molecule has 2 rings (SSSR count). The molecule has 0 aliphatic heterocycles. The smallest absolute Gasteiger partial charge is 0.308 e. The van der Waals surface area contributed by atoms with E-state index in [0.717, 1.165) is 17.5 Å². The Kier molecular flexibility index (Phi) is 3.97. The van der Waals surface area contributed by atoms with Gasteiger partial charge in [-0.1, -0.05) is 26.0 Å². The molecule has 96 valence electrons. The summed E-state index contributed by atoms with van der Waals surface area (Å²) >= 11 is 0. The molecule has 4 heteroatoms. The fourth-order valence-corrected chi connectivity index (χ4v) is 1.74. The third-order valence-electron chi connectivity index (χ3n) is 3.12. The molecule has 0 aliphatic rings. The van der Waals surface area contributed by atoms with E-state index in [1.165, 1.54) is 0 Å². The second-order valence-electron chi connectivity index (χ2n) is 4.40. The summed E-state index contributed by atoms with van der Waals surface area (Å²) in [5.41, 5.74) is 2.03. The monoisotopic (exact) mass is 246 g/mol. The second kappa shape index (κ2) is 5.67. The molecule has 0 spiro atoms. The Morgan fingerprint density at radius 2 is 2.22 bits per heavy atom. The molecular weight excluding hydrogens is 228 g/mol. The van der Waals surface area contributed by atoms with E-state index >= 15 is 0 Å². The zero-order valence-electron chi connectivity index (χ0n) is 10.8. The standard InChI is InChI=1S/C14H18N2O2/c1-3-11(2)14(17)18-9-8-16-10-15-12-6-4-5-7-13(12)16/h4-7,10-11H,3,8-9H2,1-2H3. The van der Waals surface area contributed by atoms with E-state index in [1.54, 1.807) is 6.33 Å². The van der Waals surface area contributed by atoms with E-state index in [0.29, 0.717) is 13.2 Å². The topological polar surface area (TPSA) is 44.1 Å². The fourth-order valence-electron chi connectivity index (χ4n) is 1.74. The molecule has 0 saturated heterocycles. The summed E-state index contributed by atoms with van der Waals surface area (Å²) in [5, 5.41) is 0. The van der Waals surface area contributed by atoms with Gasteiger partial charge in [-0.3, -0.25) is 4.79 Å². The molecule has 1 unspecified atom stereocenters. The third kappa shape index (κ3) is 2.70. The highest BCUT2D eigenvalue weighted by Gasteiger charge is 2.11. The number of benzene rings is 1. The quantitative estimate of drug-likeness (QED) is 0.762. The van der Waals surface area contributed by atoms with Crippen molar-refractivity contribution in [2.24, 2.45) is 5.92 Å². The molecule has 0 saturated carbocycles. The van der Waals surface area contributed by atoms with Gasteiger partial charge in [0.05, 0.1) is 29.8 Å². The highest BCUT2D eigenvalue weighted by atomic mass is 16.5. The van der Waals surface area contributed by atoms with Crippen LogP contribution in [0, 0.1) is 5.92 Å². The zero-order chi connectivity index (χ0) is 13.0. The SMILES string of the molecule is CCC(C)C(=O)OCCn1cnc2ccccc21. The highest BCUT2D eigenvalue weighted by molar-refractivity contribution is 5.75. The van der Waals surface area contributed by atoms with Crippen LogP contribution in [0.25, 0.3) is 11.0 Å². The lowest BCUT2D eigenvalue weighted by Gasteiger charge is -2.09. The molecule has 2 aromatic rings. The first kappa shape index (κ1) is 12.6. The van der Waals surface area contributed by atoms with Crippen LogP contribution in [-0.4, -0.2) is 22.1 Å². The molecule has 0 bridgehead atoms. The van der Waals surface area contributed by atoms with E-state index in [4.69, 9.17) is 4.74 Å². The average Bonchev–Trinajstić information content (AvgIpc) is 2.81. The number of fused-ring (bicyclic) bond motifs is 1. The van der Waals surface area contributed by atoms with Gasteiger partial charge in [-0.25, -0.2) is 4.98 Å². The Labute approximate surface area is 107 Å². The molecule has 1 aromatic heterocycles. The number of esters is 1. The van der Waals surface area contributed by atoms with Crippen LogP contribution in [-0.2, 0) is 16.1 Å². The van der Waals surface area contributed by atoms with Gasteiger partial charge >= 0.3 is 5.97 Å². The average molecular weight is 246 g/mol. The number of ether oxygens (including phenoxy) is 1. The largest absolute Gasteiger partial charge is 0.464 e. The van der Waals surface area contributed by atoms with E-state index in [2.05, 4.69) is 4.98 Å². The summed E-state index contributed by atoms with van der Waals surface area (Å²) in [6.45, 7) is 4.90. The van der Waals surface area contributed by atoms with Crippen molar-refractivity contribution in [3.63, 3.8) is 0 Å². The van der Waals surface area contributed by atoms with Crippen molar-refractivity contribution < 1.29 is 9.53 Å². The Morgan fingerprint density at radius 3 is 3.00 bits per heavy atom. The van der Waals surface area contributed by atoms with Crippen LogP contribution in [0.5, 0.6) is 0 Å². The van der Waals surface area contributed by atoms with Gasteiger partial charge in [0.15, 0.2) is 0 Å². The lowest BCUT2D eigenvalue weighted by Crippen LogP contribution is -2.16. The molecule has 0 aliphatic carbocycles. The van der Waals surface area contributed by atoms with E-state index in [9.17, 15) is 4.79 Å². The summed E-state index contributed by atoms with van der Waals surface area (Å²) < 4.78 is 7.23. The molecule has 18 heavy (non-hydrogen) atoms. The van der Waals surface area contributed by atoms with Gasteiger partial charge in [-0.05, 0) is 18.6 Å². The molecule has 0 radical (unpaired) electrons. The Hall–Kier alpha value is -1.84. The van der Waals surface area contributed by atoms with Crippen molar-refractivity contribution in [3.05, 3.63) is 30.6 Å². The van der Waals surface area contributed by atoms with Crippen molar-refractivity contribution in [3.8, 4) is 0 Å². The van der Waals surface area contributed by atoms with Gasteiger partial charge < -0.3 is 9.30 Å². The first-order valence-corrected chi connectivity index (χ1v) is 6.29. The van der Waals surface area contributed by atoms with Gasteiger partial charge in [0.1, 0.15) is 6.61 Å². The van der Waals surface area contributed by atoms with Crippen LogP contribution in [0.3, 0.4) is 0 Å². The van der Waals surface area contributed by atoms with Crippen molar-refractivity contribution >= 4 is 17.0 Å². The minimum atomic E-state index is -0.123. The van der Waals surface area contributed by atoms with Crippen LogP contribution in [0.1, 0.15) is 20.3 Å². The number of hydrogen-bond donors (Lipinski definition) is 0. The highest BCUT2D eigenvalue weighted by Crippen LogP contribution is 2.11. The summed E-state index contributed by atoms with van der Waals surface area (Å²) in [6.07, 6.45) is 2.59. The van der Waals surface area contributed by atoms with Crippen LogP contribution in [0.4, 0.5) is 0 Å². The van der Waals surface area contributed by atoms with Crippen molar-refractivity contribution in [1.29, 1.82) is 0 Å². The van der Waals surface area contributed by atoms with Crippen LogP contribution < -0.4 is 0 Å². The number of hydrogen-bond acceptors (Lipinski definition) is 3. The number of carbonyl (C=O) groups excluding carboxylic acids is 1. The van der Waals surface area contributed by atoms with Crippen molar-refractivity contribution in [2.75, 3.05) is 6.61 Å². The Morgan fingerprint density at radius 1 is 1.44 bits per heavy atom. The normalized spacial score (nSPS) is 12.6. The summed E-state index contributed by atoms with van der Waals surface area (Å²) in [4.78, 5) is 15.8. The lowest BCUT2D eigenvalue weighted by molar-refractivity contribution is -0.148. The third-order valence-corrected chi connectivity index (χ3v) is 3.12. The van der Waals surface area contributed by atoms with Gasteiger partial charge in [0, 0.05) is 0 Å². The molecule has 1 atom stereocenters. The summed E-state index contributed by atoms with van der Waals surface area (Å²) in [5.74, 6) is -0.147. The lowest BCUT2D eigenvalue weighted by atomic mass is 10.1. The number of rotatable bonds is 5. The molecule has 0 fully saturated rings. The summed E-state index contributed by atoms with van der Waals surface area (Å²) in [7, 11) is 0. The van der Waals surface area contributed by atoms with Gasteiger partial charge in [-0.15, -0.1) is 0 Å². The van der Waals surface area contributed by atoms with Gasteiger partial charge in [0.25, 0.3) is 0 Å². The minimum absolute atomic E-state index is 0.0236. The van der Waals surface area contributed by atoms with E-state index in [-0.39, 0.29) is 11.9 Å². The van der Waals surface area contributed by atoms with Crippen LogP contribution >= 0.6 is 0 Å². The molecule has 0 amide bonds. The summed E-state index contributed by atoms with van der Waals surface area (Å²) in [6, 6.07) is 7.92. The zero-order valence-corrected chi connectivity index (χ0v) is 10.8. The number of para-hydroxylation sites is 2. The van der Waals surface area contributed by atoms with E-state index < -0.39 is 0 Å². The Balaban J connectivity index is 1.93. The maximum absolute atomic E-state index is 11.5. The maximum Gasteiger partial charge on any atom is 0.308 e. The maximum atomic E-state index is 11.5. The molecular formula is C14H18N2O2. The first-order valence-electron chi connectivity index (χ1n) is 6.29.